The Bertz CT molecular complexity index is 1440. The lowest BCUT2D eigenvalue weighted by atomic mass is 10.1. The first-order valence-corrected chi connectivity index (χ1v) is 11.2. The van der Waals surface area contributed by atoms with Crippen LogP contribution in [0.3, 0.4) is 0 Å². The zero-order chi connectivity index (χ0) is 22.2. The van der Waals surface area contributed by atoms with Gasteiger partial charge in [-0.25, -0.2) is 13.4 Å². The van der Waals surface area contributed by atoms with Crippen LogP contribution in [0.5, 0.6) is 0 Å². The Morgan fingerprint density at radius 2 is 1.68 bits per heavy atom. The molecule has 0 amide bonds. The number of pyridine rings is 1. The van der Waals surface area contributed by atoms with Crippen molar-refractivity contribution in [1.82, 2.24) is 4.98 Å². The highest BCUT2D eigenvalue weighted by Crippen LogP contribution is 2.37. The number of benzene rings is 3. The number of hydrogen-bond donors (Lipinski definition) is 3. The number of nitro groups is 1. The second-order valence-electron chi connectivity index (χ2n) is 6.97. The fourth-order valence-electron chi connectivity index (χ4n) is 3.40. The van der Waals surface area contributed by atoms with Gasteiger partial charge in [0.25, 0.3) is 5.69 Å². The number of non-ortho nitro benzene ring substituents is 1. The number of para-hydroxylation sites is 1. The largest absolute Gasteiger partial charge is 0.386 e. The summed E-state index contributed by atoms with van der Waals surface area (Å²) in [5.41, 5.74) is 3.71. The Labute approximate surface area is 178 Å². The van der Waals surface area contributed by atoms with E-state index in [1.807, 2.05) is 24.3 Å². The summed E-state index contributed by atoms with van der Waals surface area (Å²) in [4.78, 5) is 15.3. The molecule has 1 heterocycles. The molecule has 0 bridgehead atoms. The lowest BCUT2D eigenvalue weighted by Crippen LogP contribution is -2.10. The summed E-state index contributed by atoms with van der Waals surface area (Å²) in [6.07, 6.45) is 1.09. The first-order chi connectivity index (χ1) is 14.7. The zero-order valence-electron chi connectivity index (χ0n) is 16.7. The van der Waals surface area contributed by atoms with Gasteiger partial charge in [-0.05, 0) is 30.3 Å². The smallest absolute Gasteiger partial charge is 0.271 e. The first-order valence-electron chi connectivity index (χ1n) is 9.29. The molecule has 0 aliphatic heterocycles. The third-order valence-corrected chi connectivity index (χ3v) is 5.33. The predicted octanol–water partition coefficient (Wildman–Crippen LogP) is 4.45. The van der Waals surface area contributed by atoms with E-state index in [2.05, 4.69) is 20.3 Å². The second-order valence-corrected chi connectivity index (χ2v) is 8.72. The van der Waals surface area contributed by atoms with Gasteiger partial charge in [0.15, 0.2) is 0 Å². The first kappa shape index (κ1) is 20.4. The molecule has 4 rings (SSSR count). The number of nitro benzene ring substituents is 1. The molecule has 0 unspecified atom stereocenters. The number of rotatable bonds is 6. The summed E-state index contributed by atoms with van der Waals surface area (Å²) in [5, 5.41) is 19.2. The van der Waals surface area contributed by atoms with Gasteiger partial charge in [-0.1, -0.05) is 18.2 Å². The lowest BCUT2D eigenvalue weighted by Gasteiger charge is -2.17. The standard InChI is InChI=1S/C21H19N5O4S/c1-22-20-11-13(25-31(2,29)30)7-10-18(20)24-21-15-5-3-4-6-17(15)23-19-12-14(26(27)28)8-9-16(19)21/h3-12,22,25H,1-2H3,(H,23,24). The number of sulfonamides is 1. The Balaban J connectivity index is 1.88. The summed E-state index contributed by atoms with van der Waals surface area (Å²) in [7, 11) is -1.67. The van der Waals surface area contributed by atoms with Gasteiger partial charge in [0.1, 0.15) is 0 Å². The van der Waals surface area contributed by atoms with Crippen molar-refractivity contribution in [2.75, 3.05) is 28.7 Å². The maximum Gasteiger partial charge on any atom is 0.271 e. The molecule has 158 valence electrons. The van der Waals surface area contributed by atoms with Crippen LogP contribution in [0.1, 0.15) is 0 Å². The highest BCUT2D eigenvalue weighted by molar-refractivity contribution is 7.92. The molecule has 0 spiro atoms. The number of hydrogen-bond acceptors (Lipinski definition) is 7. The fraction of sp³-hybridized carbons (Fsp3) is 0.0952. The molecular formula is C21H19N5O4S. The van der Waals surface area contributed by atoms with E-state index in [-0.39, 0.29) is 5.69 Å². The van der Waals surface area contributed by atoms with E-state index in [0.29, 0.717) is 28.1 Å². The lowest BCUT2D eigenvalue weighted by molar-refractivity contribution is -0.384. The monoisotopic (exact) mass is 437 g/mol. The van der Waals surface area contributed by atoms with Crippen LogP contribution in [-0.2, 0) is 10.0 Å². The molecule has 0 atom stereocenters. The van der Waals surface area contributed by atoms with Crippen LogP contribution in [0.15, 0.2) is 60.7 Å². The summed E-state index contributed by atoms with van der Waals surface area (Å²) in [6.45, 7) is 0. The van der Waals surface area contributed by atoms with Crippen LogP contribution in [0.4, 0.5) is 28.4 Å². The van der Waals surface area contributed by atoms with Crippen molar-refractivity contribution >= 4 is 60.3 Å². The third kappa shape index (κ3) is 4.19. The third-order valence-electron chi connectivity index (χ3n) is 4.73. The van der Waals surface area contributed by atoms with Gasteiger partial charge in [-0.2, -0.15) is 0 Å². The average Bonchev–Trinajstić information content (AvgIpc) is 2.72. The van der Waals surface area contributed by atoms with E-state index in [4.69, 9.17) is 0 Å². The van der Waals surface area contributed by atoms with Crippen molar-refractivity contribution in [1.29, 1.82) is 0 Å². The van der Waals surface area contributed by atoms with Gasteiger partial charge < -0.3 is 10.6 Å². The van der Waals surface area contributed by atoms with Gasteiger partial charge >= 0.3 is 0 Å². The number of aromatic nitrogens is 1. The van der Waals surface area contributed by atoms with Crippen molar-refractivity contribution in [2.45, 2.75) is 0 Å². The van der Waals surface area contributed by atoms with Crippen LogP contribution in [0, 0.1) is 10.1 Å². The number of anilines is 4. The Morgan fingerprint density at radius 1 is 0.935 bits per heavy atom. The van der Waals surface area contributed by atoms with E-state index < -0.39 is 14.9 Å². The minimum absolute atomic E-state index is 0.0339. The molecule has 0 aliphatic rings. The highest BCUT2D eigenvalue weighted by Gasteiger charge is 2.15. The quantitative estimate of drug-likeness (QED) is 0.231. The molecule has 31 heavy (non-hydrogen) atoms. The van der Waals surface area contributed by atoms with Gasteiger partial charge in [0.05, 0.1) is 45.0 Å². The summed E-state index contributed by atoms with van der Waals surface area (Å²) in [5.74, 6) is 0. The van der Waals surface area contributed by atoms with Crippen molar-refractivity contribution in [3.8, 4) is 0 Å². The average molecular weight is 437 g/mol. The van der Waals surface area contributed by atoms with Crippen LogP contribution in [0.25, 0.3) is 21.8 Å². The molecule has 3 N–H and O–H groups in total. The molecule has 9 nitrogen and oxygen atoms in total. The molecule has 0 radical (unpaired) electrons. The minimum Gasteiger partial charge on any atom is -0.386 e. The fourth-order valence-corrected chi connectivity index (χ4v) is 3.96. The molecule has 0 saturated heterocycles. The SMILES string of the molecule is CNc1cc(NS(C)(=O)=O)ccc1Nc1c2ccccc2nc2cc([N+](=O)[O-])ccc12. The van der Waals surface area contributed by atoms with E-state index in [1.165, 1.54) is 12.1 Å². The van der Waals surface area contributed by atoms with Crippen molar-refractivity contribution in [3.63, 3.8) is 0 Å². The maximum absolute atomic E-state index is 11.5. The zero-order valence-corrected chi connectivity index (χ0v) is 17.5. The van der Waals surface area contributed by atoms with Gasteiger partial charge in [0.2, 0.25) is 10.0 Å². The molecule has 0 aliphatic carbocycles. The predicted molar refractivity (Wildman–Crippen MR) is 124 cm³/mol. The Hall–Kier alpha value is -3.92. The van der Waals surface area contributed by atoms with E-state index in [1.54, 1.807) is 31.3 Å². The van der Waals surface area contributed by atoms with Crippen molar-refractivity contribution in [2.24, 2.45) is 0 Å². The molecule has 0 saturated carbocycles. The van der Waals surface area contributed by atoms with Crippen LogP contribution in [-0.4, -0.2) is 31.6 Å². The van der Waals surface area contributed by atoms with Crippen LogP contribution in [0.2, 0.25) is 0 Å². The van der Waals surface area contributed by atoms with E-state index in [0.717, 1.165) is 22.7 Å². The van der Waals surface area contributed by atoms with Crippen LogP contribution >= 0.6 is 0 Å². The molecule has 4 aromatic rings. The number of nitrogens with one attached hydrogen (secondary N) is 3. The Morgan fingerprint density at radius 3 is 2.39 bits per heavy atom. The highest BCUT2D eigenvalue weighted by atomic mass is 32.2. The minimum atomic E-state index is -3.40. The summed E-state index contributed by atoms with van der Waals surface area (Å²) >= 11 is 0. The van der Waals surface area contributed by atoms with Crippen LogP contribution < -0.4 is 15.4 Å². The number of fused-ring (bicyclic) bond motifs is 2. The molecular weight excluding hydrogens is 418 g/mol. The van der Waals surface area contributed by atoms with E-state index in [9.17, 15) is 18.5 Å². The van der Waals surface area contributed by atoms with Gasteiger partial charge in [0, 0.05) is 30.0 Å². The van der Waals surface area contributed by atoms with E-state index >= 15 is 0 Å². The van der Waals surface area contributed by atoms with Gasteiger partial charge in [-0.3, -0.25) is 14.8 Å². The number of nitrogens with zero attached hydrogens (tertiary/aromatic N) is 2. The topological polar surface area (TPSA) is 126 Å². The second kappa shape index (κ2) is 7.73. The maximum atomic E-state index is 11.5. The molecule has 3 aromatic carbocycles. The van der Waals surface area contributed by atoms with Crippen molar-refractivity contribution in [3.05, 3.63) is 70.8 Å². The Kier molecular flexibility index (Phi) is 5.07. The summed E-state index contributed by atoms with van der Waals surface area (Å²) < 4.78 is 25.5. The van der Waals surface area contributed by atoms with Crippen molar-refractivity contribution < 1.29 is 13.3 Å². The normalized spacial score (nSPS) is 11.4. The molecule has 0 fully saturated rings. The van der Waals surface area contributed by atoms with Gasteiger partial charge in [-0.15, -0.1) is 0 Å². The molecule has 10 heteroatoms. The summed E-state index contributed by atoms with van der Waals surface area (Å²) in [6, 6.07) is 17.2. The molecule has 1 aromatic heterocycles.